The molecule has 1 aliphatic heterocycles. The lowest BCUT2D eigenvalue weighted by atomic mass is 9.93. The third-order valence-electron chi connectivity index (χ3n) is 3.07. The molecule has 1 aromatic carbocycles. The fourth-order valence-corrected chi connectivity index (χ4v) is 2.16. The van der Waals surface area contributed by atoms with Gasteiger partial charge in [0, 0.05) is 18.2 Å². The van der Waals surface area contributed by atoms with Crippen LogP contribution in [0.25, 0.3) is 0 Å². The monoisotopic (exact) mass is 234 g/mol. The number of hydrogen-bond acceptors (Lipinski definition) is 3. The number of amides is 1. The van der Waals surface area contributed by atoms with Crippen LogP contribution in [0.3, 0.4) is 0 Å². The highest BCUT2D eigenvalue weighted by molar-refractivity contribution is 5.83. The van der Waals surface area contributed by atoms with Gasteiger partial charge in [0.15, 0.2) is 0 Å². The summed E-state index contributed by atoms with van der Waals surface area (Å²) in [6.07, 6.45) is 1.97. The number of carbonyl (C=O) groups is 1. The molecule has 3 N–H and O–H groups in total. The van der Waals surface area contributed by atoms with Gasteiger partial charge in [-0.25, -0.2) is 0 Å². The maximum absolute atomic E-state index is 11.5. The molecule has 0 saturated carbocycles. The summed E-state index contributed by atoms with van der Waals surface area (Å²) in [7, 11) is 0. The van der Waals surface area contributed by atoms with Crippen molar-refractivity contribution in [3.63, 3.8) is 0 Å². The van der Waals surface area contributed by atoms with Crippen molar-refractivity contribution in [2.75, 3.05) is 18.5 Å². The van der Waals surface area contributed by atoms with Crippen molar-refractivity contribution in [1.29, 1.82) is 0 Å². The second kappa shape index (κ2) is 5.68. The van der Waals surface area contributed by atoms with Gasteiger partial charge in [-0.1, -0.05) is 18.2 Å². The number of benzene rings is 1. The minimum atomic E-state index is -0.349. The number of hydrogen-bond donors (Lipinski definition) is 2. The van der Waals surface area contributed by atoms with Gasteiger partial charge in [-0.15, -0.1) is 0 Å². The molecule has 0 bridgehead atoms. The number of nitrogens with one attached hydrogen (secondary N) is 1. The average molecular weight is 234 g/mol. The van der Waals surface area contributed by atoms with E-state index in [0.717, 1.165) is 25.1 Å². The molecule has 1 amide bonds. The minimum Gasteiger partial charge on any atom is -0.381 e. The largest absolute Gasteiger partial charge is 0.381 e. The molecule has 1 aromatic rings. The molecular formula is C13H18N2O2. The third-order valence-corrected chi connectivity index (χ3v) is 3.07. The van der Waals surface area contributed by atoms with Crippen LogP contribution in [-0.2, 0) is 9.53 Å². The summed E-state index contributed by atoms with van der Waals surface area (Å²) in [6.45, 7) is 1.39. The SMILES string of the molecule is NC(=O)C(Nc1ccccc1)C1CCCOC1. The predicted octanol–water partition coefficient (Wildman–Crippen LogP) is 1.38. The van der Waals surface area contributed by atoms with Crippen molar-refractivity contribution < 1.29 is 9.53 Å². The van der Waals surface area contributed by atoms with E-state index in [1.165, 1.54) is 0 Å². The smallest absolute Gasteiger partial charge is 0.240 e. The Hall–Kier alpha value is -1.55. The highest BCUT2D eigenvalue weighted by Gasteiger charge is 2.28. The Bertz CT molecular complexity index is 361. The molecule has 0 aromatic heterocycles. The van der Waals surface area contributed by atoms with Crippen molar-refractivity contribution in [3.05, 3.63) is 30.3 Å². The third kappa shape index (κ3) is 3.20. The second-order valence-corrected chi connectivity index (χ2v) is 4.37. The van der Waals surface area contributed by atoms with Crippen molar-refractivity contribution in [3.8, 4) is 0 Å². The van der Waals surface area contributed by atoms with Gasteiger partial charge < -0.3 is 15.8 Å². The second-order valence-electron chi connectivity index (χ2n) is 4.37. The molecule has 4 nitrogen and oxygen atoms in total. The predicted molar refractivity (Wildman–Crippen MR) is 66.6 cm³/mol. The van der Waals surface area contributed by atoms with Gasteiger partial charge >= 0.3 is 0 Å². The van der Waals surface area contributed by atoms with E-state index in [2.05, 4.69) is 5.32 Å². The van der Waals surface area contributed by atoms with Crippen LogP contribution in [0.2, 0.25) is 0 Å². The van der Waals surface area contributed by atoms with Crippen molar-refractivity contribution >= 4 is 11.6 Å². The zero-order valence-corrected chi connectivity index (χ0v) is 9.76. The molecule has 2 unspecified atom stereocenters. The molecule has 2 atom stereocenters. The number of anilines is 1. The van der Waals surface area contributed by atoms with Gasteiger partial charge in [0.1, 0.15) is 6.04 Å². The first-order valence-electron chi connectivity index (χ1n) is 5.96. The zero-order valence-electron chi connectivity index (χ0n) is 9.76. The summed E-state index contributed by atoms with van der Waals surface area (Å²) in [5.41, 5.74) is 6.38. The van der Waals surface area contributed by atoms with E-state index in [0.29, 0.717) is 6.61 Å². The van der Waals surface area contributed by atoms with Gasteiger partial charge in [0.25, 0.3) is 0 Å². The van der Waals surface area contributed by atoms with E-state index in [-0.39, 0.29) is 17.9 Å². The maximum atomic E-state index is 11.5. The van der Waals surface area contributed by atoms with E-state index in [9.17, 15) is 4.79 Å². The van der Waals surface area contributed by atoms with Gasteiger partial charge in [-0.05, 0) is 25.0 Å². The number of primary amides is 1. The molecule has 17 heavy (non-hydrogen) atoms. The summed E-state index contributed by atoms with van der Waals surface area (Å²) in [5, 5.41) is 3.19. The minimum absolute atomic E-state index is 0.168. The lowest BCUT2D eigenvalue weighted by molar-refractivity contribution is -0.121. The number of ether oxygens (including phenoxy) is 1. The summed E-state index contributed by atoms with van der Waals surface area (Å²) in [6, 6.07) is 9.31. The number of nitrogens with two attached hydrogens (primary N) is 1. The first-order valence-corrected chi connectivity index (χ1v) is 5.96. The molecule has 1 fully saturated rings. The normalized spacial score (nSPS) is 21.8. The highest BCUT2D eigenvalue weighted by Crippen LogP contribution is 2.20. The Morgan fingerprint density at radius 1 is 1.41 bits per heavy atom. The van der Waals surface area contributed by atoms with Gasteiger partial charge in [-0.3, -0.25) is 4.79 Å². The summed E-state index contributed by atoms with van der Waals surface area (Å²) < 4.78 is 5.40. The molecule has 0 spiro atoms. The lowest BCUT2D eigenvalue weighted by Crippen LogP contribution is -2.44. The molecule has 0 aliphatic carbocycles. The van der Waals surface area contributed by atoms with E-state index < -0.39 is 0 Å². The molecule has 0 radical (unpaired) electrons. The molecule has 1 aliphatic rings. The molecule has 2 rings (SSSR count). The topological polar surface area (TPSA) is 64.4 Å². The number of para-hydroxylation sites is 1. The van der Waals surface area contributed by atoms with Crippen LogP contribution < -0.4 is 11.1 Å². The Labute approximate surface area is 101 Å². The van der Waals surface area contributed by atoms with Crippen molar-refractivity contribution in [2.24, 2.45) is 11.7 Å². The van der Waals surface area contributed by atoms with E-state index in [1.54, 1.807) is 0 Å². The molecule has 1 saturated heterocycles. The van der Waals surface area contributed by atoms with Crippen LogP contribution in [0.4, 0.5) is 5.69 Å². The molecule has 4 heteroatoms. The van der Waals surface area contributed by atoms with E-state index in [1.807, 2.05) is 30.3 Å². The van der Waals surface area contributed by atoms with Crippen molar-refractivity contribution in [1.82, 2.24) is 0 Å². The molecule has 92 valence electrons. The Kier molecular flexibility index (Phi) is 3.98. The number of carbonyl (C=O) groups excluding carboxylic acids is 1. The highest BCUT2D eigenvalue weighted by atomic mass is 16.5. The van der Waals surface area contributed by atoms with Crippen LogP contribution in [0.1, 0.15) is 12.8 Å². The number of rotatable bonds is 4. The van der Waals surface area contributed by atoms with Gasteiger partial charge in [-0.2, -0.15) is 0 Å². The summed E-state index contributed by atoms with van der Waals surface area (Å²) >= 11 is 0. The summed E-state index contributed by atoms with van der Waals surface area (Å²) in [4.78, 5) is 11.5. The van der Waals surface area contributed by atoms with Crippen LogP contribution in [-0.4, -0.2) is 25.2 Å². The van der Waals surface area contributed by atoms with Crippen molar-refractivity contribution in [2.45, 2.75) is 18.9 Å². The quantitative estimate of drug-likeness (QED) is 0.827. The fourth-order valence-electron chi connectivity index (χ4n) is 2.16. The summed E-state index contributed by atoms with van der Waals surface area (Å²) in [5.74, 6) is -0.147. The zero-order chi connectivity index (χ0) is 12.1. The van der Waals surface area contributed by atoms with Crippen LogP contribution in [0, 0.1) is 5.92 Å². The van der Waals surface area contributed by atoms with Gasteiger partial charge in [0.2, 0.25) is 5.91 Å². The van der Waals surface area contributed by atoms with E-state index in [4.69, 9.17) is 10.5 Å². The van der Waals surface area contributed by atoms with Crippen LogP contribution in [0.15, 0.2) is 30.3 Å². The standard InChI is InChI=1S/C13H18N2O2/c14-13(16)12(10-5-4-8-17-9-10)15-11-6-2-1-3-7-11/h1-3,6-7,10,12,15H,4-5,8-9H2,(H2,14,16). The lowest BCUT2D eigenvalue weighted by Gasteiger charge is -2.29. The molecule has 1 heterocycles. The average Bonchev–Trinajstić information content (AvgIpc) is 2.38. The Balaban J connectivity index is 2.04. The Morgan fingerprint density at radius 2 is 2.18 bits per heavy atom. The first kappa shape index (κ1) is 11.9. The van der Waals surface area contributed by atoms with Gasteiger partial charge in [0.05, 0.1) is 6.61 Å². The Morgan fingerprint density at radius 3 is 2.76 bits per heavy atom. The first-order chi connectivity index (χ1) is 8.27. The van der Waals surface area contributed by atoms with Crippen LogP contribution in [0.5, 0.6) is 0 Å². The fraction of sp³-hybridized carbons (Fsp3) is 0.462. The van der Waals surface area contributed by atoms with Crippen LogP contribution >= 0.6 is 0 Å². The van der Waals surface area contributed by atoms with E-state index >= 15 is 0 Å². The maximum Gasteiger partial charge on any atom is 0.240 e. The molecular weight excluding hydrogens is 216 g/mol.